The molecule has 2 aliphatic heterocycles. The van der Waals surface area contributed by atoms with Crippen LogP contribution in [0, 0.1) is 39.3 Å². The number of halogens is 2. The van der Waals surface area contributed by atoms with Crippen molar-refractivity contribution >= 4 is 29.4 Å². The minimum absolute atomic E-state index is 0.0128. The van der Waals surface area contributed by atoms with Gasteiger partial charge in [0.15, 0.2) is 0 Å². The van der Waals surface area contributed by atoms with Gasteiger partial charge in [-0.05, 0) is 194 Å². The van der Waals surface area contributed by atoms with Gasteiger partial charge in [0.25, 0.3) is 0 Å². The van der Waals surface area contributed by atoms with Crippen molar-refractivity contribution in [3.63, 3.8) is 0 Å². The summed E-state index contributed by atoms with van der Waals surface area (Å²) in [6.45, 7) is 16.7. The molecule has 0 spiro atoms. The van der Waals surface area contributed by atoms with Crippen molar-refractivity contribution in [1.29, 1.82) is 0 Å². The van der Waals surface area contributed by atoms with Gasteiger partial charge < -0.3 is 25.6 Å². The second kappa shape index (κ2) is 21.8. The van der Waals surface area contributed by atoms with E-state index in [4.69, 9.17) is 14.7 Å². The highest BCUT2D eigenvalue weighted by molar-refractivity contribution is 5.78. The summed E-state index contributed by atoms with van der Waals surface area (Å²) in [5.41, 5.74) is 11.6. The van der Waals surface area contributed by atoms with Crippen LogP contribution in [0.5, 0.6) is 0 Å². The van der Waals surface area contributed by atoms with Crippen LogP contribution in [0.15, 0.2) is 109 Å². The van der Waals surface area contributed by atoms with Crippen molar-refractivity contribution in [2.24, 2.45) is 0 Å². The minimum Gasteiger partial charge on any atom is -0.444 e. The Morgan fingerprint density at radius 2 is 1.01 bits per heavy atom. The first-order valence-corrected chi connectivity index (χ1v) is 24.6. The van der Waals surface area contributed by atoms with Gasteiger partial charge in [0.1, 0.15) is 40.0 Å². The van der Waals surface area contributed by atoms with Crippen molar-refractivity contribution in [3.8, 4) is 45.3 Å². The fraction of sp³-hybridized carbons (Fsp3) is 0.327. The lowest BCUT2D eigenvalue weighted by Crippen LogP contribution is -2.42. The number of hydrogen-bond acceptors (Lipinski definition) is 13. The van der Waals surface area contributed by atoms with E-state index in [0.717, 1.165) is 70.9 Å². The molecule has 1 amide bonds. The number of anilines is 4. The summed E-state index contributed by atoms with van der Waals surface area (Å²) in [4.78, 5) is 32.9. The van der Waals surface area contributed by atoms with Crippen LogP contribution in [0.3, 0.4) is 0 Å². The molecular weight excluding hydrogens is 927 g/mol. The summed E-state index contributed by atoms with van der Waals surface area (Å²) in [6, 6.07) is 28.9. The van der Waals surface area contributed by atoms with Gasteiger partial charge in [0, 0.05) is 48.0 Å². The van der Waals surface area contributed by atoms with Crippen molar-refractivity contribution in [1.82, 2.24) is 60.1 Å². The van der Waals surface area contributed by atoms with Gasteiger partial charge in [-0.2, -0.15) is 0 Å². The third kappa shape index (κ3) is 12.4. The largest absolute Gasteiger partial charge is 0.444 e. The number of carbonyl (C=O) groups is 1. The zero-order valence-electron chi connectivity index (χ0n) is 42.2. The Kier molecular flexibility index (Phi) is 14.9. The van der Waals surface area contributed by atoms with Gasteiger partial charge in [-0.25, -0.2) is 42.9 Å². The molecule has 0 aliphatic carbocycles. The second-order valence-corrected chi connectivity index (χ2v) is 19.7. The number of aryl methyl sites for hydroxylation is 4. The number of piperidine rings is 2. The Labute approximate surface area is 423 Å². The predicted molar refractivity (Wildman–Crippen MR) is 279 cm³/mol. The van der Waals surface area contributed by atoms with Crippen molar-refractivity contribution in [2.75, 3.05) is 36.8 Å². The van der Waals surface area contributed by atoms with E-state index in [1.54, 1.807) is 41.6 Å². The van der Waals surface area contributed by atoms with E-state index in [-0.39, 0.29) is 29.8 Å². The zero-order valence-corrected chi connectivity index (χ0v) is 42.2. The second-order valence-electron chi connectivity index (χ2n) is 19.7. The predicted octanol–water partition coefficient (Wildman–Crippen LogP) is 11.3. The number of carbonyl (C=O) groups excluding carboxylic acids is 1. The molecule has 16 nitrogen and oxygen atoms in total. The molecule has 4 aromatic heterocycles. The van der Waals surface area contributed by atoms with Gasteiger partial charge in [-0.15, -0.1) is 10.2 Å². The molecule has 2 fully saturated rings. The van der Waals surface area contributed by atoms with Crippen LogP contribution in [0.4, 0.5) is 36.8 Å². The molecule has 4 aromatic carbocycles. The lowest BCUT2D eigenvalue weighted by atomic mass is 10.0. The highest BCUT2D eigenvalue weighted by Gasteiger charge is 2.31. The number of nitrogens with zero attached hydrogens (tertiary/aromatic N) is 11. The van der Waals surface area contributed by atoms with E-state index in [9.17, 15) is 13.6 Å². The smallest absolute Gasteiger partial charge is 0.410 e. The van der Waals surface area contributed by atoms with E-state index in [1.807, 2.05) is 68.2 Å². The normalized spacial score (nSPS) is 14.3. The van der Waals surface area contributed by atoms with Crippen LogP contribution >= 0.6 is 0 Å². The molecule has 376 valence electrons. The van der Waals surface area contributed by atoms with Gasteiger partial charge in [-0.1, -0.05) is 22.6 Å². The summed E-state index contributed by atoms with van der Waals surface area (Å²) >= 11 is 0. The van der Waals surface area contributed by atoms with Crippen LogP contribution in [-0.2, 0) is 4.74 Å². The molecule has 3 N–H and O–H groups in total. The number of likely N-dealkylation sites (tertiary alicyclic amines) is 1. The number of rotatable bonds is 10. The summed E-state index contributed by atoms with van der Waals surface area (Å²) in [5, 5.41) is 28.1. The zero-order chi connectivity index (χ0) is 51.2. The summed E-state index contributed by atoms with van der Waals surface area (Å²) in [5.74, 6) is 0.336. The van der Waals surface area contributed by atoms with Crippen LogP contribution in [0.1, 0.15) is 80.8 Å². The quantitative estimate of drug-likeness (QED) is 0.118. The molecule has 2 aliphatic rings. The van der Waals surface area contributed by atoms with E-state index in [0.29, 0.717) is 60.6 Å². The number of nitrogens with one attached hydrogen (secondary N) is 3. The van der Waals surface area contributed by atoms with Crippen molar-refractivity contribution in [3.05, 3.63) is 143 Å². The maximum Gasteiger partial charge on any atom is 0.410 e. The van der Waals surface area contributed by atoms with Gasteiger partial charge in [0.05, 0.1) is 23.5 Å². The fourth-order valence-electron chi connectivity index (χ4n) is 9.30. The van der Waals surface area contributed by atoms with E-state index in [2.05, 4.69) is 84.7 Å². The van der Waals surface area contributed by atoms with Crippen LogP contribution in [0.2, 0.25) is 0 Å². The number of amides is 1. The molecular formula is C55H60F2N14O2. The molecule has 2 saturated heterocycles. The standard InChI is InChI=1S/C30H34FN7O2.C25H26FN7/c1-19-16-20(2)18-23(17-19)33-28-32-13-10-25(34-28)27-26(21-6-8-22(31)9-7-21)35-36-38(27)24-11-14-37(15-12-24)29(39)40-30(3,4)5;1-16-13-17(2)15-20(14-16)29-25-28-12-9-22(30-25)24-23(18-3-5-19(26)6-4-18)31-32-33(24)21-7-10-27-11-8-21/h6-10,13,16-18,24H,11-12,14-15H2,1-5H3,(H,32,33,34);3-6,9,12-15,21,27H,7-8,10-11H2,1-2H3,(H,28,29,30). The molecule has 0 radical (unpaired) electrons. The molecule has 18 heteroatoms. The van der Waals surface area contributed by atoms with Crippen LogP contribution in [-0.4, -0.2) is 92.7 Å². The first-order valence-electron chi connectivity index (χ1n) is 24.6. The molecule has 6 heterocycles. The lowest BCUT2D eigenvalue weighted by Gasteiger charge is -2.33. The van der Waals surface area contributed by atoms with Crippen molar-refractivity contribution < 1.29 is 18.3 Å². The molecule has 73 heavy (non-hydrogen) atoms. The molecule has 0 saturated carbocycles. The molecule has 0 bridgehead atoms. The van der Waals surface area contributed by atoms with Crippen LogP contribution in [0.25, 0.3) is 45.3 Å². The van der Waals surface area contributed by atoms with E-state index >= 15 is 0 Å². The van der Waals surface area contributed by atoms with Gasteiger partial charge in [-0.3, -0.25) is 0 Å². The first kappa shape index (κ1) is 50.0. The molecule has 10 rings (SSSR count). The average molecular weight is 987 g/mol. The molecule has 8 aromatic rings. The fourth-order valence-corrected chi connectivity index (χ4v) is 9.30. The average Bonchev–Trinajstić information content (AvgIpc) is 4.01. The highest BCUT2D eigenvalue weighted by atomic mass is 19.1. The van der Waals surface area contributed by atoms with Crippen LogP contribution < -0.4 is 16.0 Å². The molecule has 0 atom stereocenters. The summed E-state index contributed by atoms with van der Waals surface area (Å²) < 4.78 is 36.7. The van der Waals surface area contributed by atoms with Gasteiger partial charge >= 0.3 is 6.09 Å². The molecule has 0 unspecified atom stereocenters. The Hall–Kier alpha value is -7.99. The summed E-state index contributed by atoms with van der Waals surface area (Å²) in [6.07, 6.45) is 6.39. The Balaban J connectivity index is 0.000000183. The Bertz CT molecular complexity index is 3150. The Morgan fingerprint density at radius 3 is 1.42 bits per heavy atom. The van der Waals surface area contributed by atoms with Crippen molar-refractivity contribution in [2.45, 2.75) is 91.8 Å². The summed E-state index contributed by atoms with van der Waals surface area (Å²) in [7, 11) is 0. The first-order chi connectivity index (χ1) is 35.1. The number of hydrogen-bond donors (Lipinski definition) is 3. The van der Waals surface area contributed by atoms with E-state index in [1.165, 1.54) is 35.4 Å². The van der Waals surface area contributed by atoms with E-state index < -0.39 is 5.60 Å². The highest BCUT2D eigenvalue weighted by Crippen LogP contribution is 2.36. The number of ether oxygens (including phenoxy) is 1. The Morgan fingerprint density at radius 1 is 0.603 bits per heavy atom. The third-order valence-corrected chi connectivity index (χ3v) is 12.5. The lowest BCUT2D eigenvalue weighted by molar-refractivity contribution is 0.0184. The monoisotopic (exact) mass is 986 g/mol. The topological polar surface area (TPSA) is 179 Å². The maximum absolute atomic E-state index is 13.7. The SMILES string of the molecule is Cc1cc(C)cc(Nc2nccc(-c3c(-c4ccc(F)cc4)nnn3C3CCN(C(=O)OC(C)(C)C)CC3)n2)c1.Cc1cc(C)cc(Nc2nccc(-c3c(-c4ccc(F)cc4)nnn3C3CCNCC3)n2)c1. The number of aromatic nitrogens is 10. The minimum atomic E-state index is -0.549. The van der Waals surface area contributed by atoms with Gasteiger partial charge in [0.2, 0.25) is 11.9 Å². The third-order valence-electron chi connectivity index (χ3n) is 12.5. The number of benzene rings is 4. The maximum atomic E-state index is 13.7.